The van der Waals surface area contributed by atoms with E-state index in [-0.39, 0.29) is 55.5 Å². The molecule has 8 nitrogen and oxygen atoms in total. The van der Waals surface area contributed by atoms with Gasteiger partial charge in [-0.2, -0.15) is 0 Å². The van der Waals surface area contributed by atoms with Crippen molar-refractivity contribution in [2.24, 2.45) is 9.98 Å². The molecule has 29 heavy (non-hydrogen) atoms. The molecule has 2 heterocycles. The predicted octanol–water partition coefficient (Wildman–Crippen LogP) is 2.03. The van der Waals surface area contributed by atoms with E-state index in [9.17, 15) is 19.8 Å². The molecule has 0 unspecified atom stereocenters. The first-order chi connectivity index (χ1) is 12.8. The van der Waals surface area contributed by atoms with Crippen LogP contribution in [0.1, 0.15) is 41.5 Å². The van der Waals surface area contributed by atoms with Gasteiger partial charge in [-0.1, -0.05) is 0 Å². The number of aliphatic imine (C=N–C) groups is 2. The summed E-state index contributed by atoms with van der Waals surface area (Å²) in [5.41, 5.74) is -0.265. The number of rotatable bonds is 5. The van der Waals surface area contributed by atoms with Crippen LogP contribution >= 0.6 is 0 Å². The van der Waals surface area contributed by atoms with E-state index < -0.39 is 11.1 Å². The van der Waals surface area contributed by atoms with Crippen molar-refractivity contribution in [3.63, 3.8) is 0 Å². The van der Waals surface area contributed by atoms with Crippen LogP contribution < -0.4 is 0 Å². The molecule has 0 saturated carbocycles. The fourth-order valence-electron chi connectivity index (χ4n) is 3.23. The zero-order valence-corrected chi connectivity index (χ0v) is 20.5. The number of carbonyl (C=O) groups excluding carboxylic acids is 2. The first kappa shape index (κ1) is 25.1. The molecule has 0 saturated heterocycles. The van der Waals surface area contributed by atoms with Gasteiger partial charge in [-0.05, 0) is 41.5 Å². The quantitative estimate of drug-likeness (QED) is 0.378. The zero-order valence-electron chi connectivity index (χ0n) is 18.2. The average Bonchev–Trinajstić information content (AvgIpc) is 2.86. The van der Waals surface area contributed by atoms with Gasteiger partial charge in [-0.3, -0.25) is 19.6 Å². The van der Waals surface area contributed by atoms with Crippen LogP contribution in [0.3, 0.4) is 0 Å². The van der Waals surface area contributed by atoms with Gasteiger partial charge in [-0.15, -0.1) is 0 Å². The normalized spacial score (nSPS) is 22.1. The summed E-state index contributed by atoms with van der Waals surface area (Å²) in [7, 11) is 3.33. The molecule has 0 aromatic heterocycles. The average molecular weight is 586 g/mol. The van der Waals surface area contributed by atoms with E-state index in [2.05, 4.69) is 9.98 Å². The third-order valence-electron chi connectivity index (χ3n) is 5.85. The SMILES string of the molecule is CC(=NCCN=C(C)C1=C(O)N(C)C(C)(C)C1=O)C1=C(O)N(C)C(C)(C)C1=O.[Pt]. The largest absolute Gasteiger partial charge is 0.494 e. The predicted molar refractivity (Wildman–Crippen MR) is 109 cm³/mol. The Kier molecular flexibility index (Phi) is 7.29. The number of likely N-dealkylation sites (N-methyl/N-ethyl adjacent to an activating group) is 2. The van der Waals surface area contributed by atoms with Gasteiger partial charge in [0.15, 0.2) is 23.3 Å². The second-order valence-corrected chi connectivity index (χ2v) is 8.23. The Morgan fingerprint density at radius 1 is 0.793 bits per heavy atom. The summed E-state index contributed by atoms with van der Waals surface area (Å²) in [6.45, 7) is 10.9. The summed E-state index contributed by atoms with van der Waals surface area (Å²) < 4.78 is 0. The number of carbonyl (C=O) groups is 2. The third-order valence-corrected chi connectivity index (χ3v) is 5.85. The van der Waals surface area contributed by atoms with Crippen molar-refractivity contribution in [3.05, 3.63) is 22.9 Å². The molecular weight excluding hydrogens is 555 g/mol. The Balaban J connectivity index is 0.00000420. The van der Waals surface area contributed by atoms with Gasteiger partial charge in [0.05, 0.1) is 13.1 Å². The Morgan fingerprint density at radius 2 is 1.07 bits per heavy atom. The molecule has 0 aromatic rings. The Morgan fingerprint density at radius 3 is 1.28 bits per heavy atom. The fraction of sp³-hybridized carbons (Fsp3) is 0.600. The minimum absolute atomic E-state index is 0. The van der Waals surface area contributed by atoms with Crippen molar-refractivity contribution in [3.8, 4) is 0 Å². The maximum Gasteiger partial charge on any atom is 0.200 e. The number of nitrogens with zero attached hydrogens (tertiary/aromatic N) is 4. The summed E-state index contributed by atoms with van der Waals surface area (Å²) >= 11 is 0. The summed E-state index contributed by atoms with van der Waals surface area (Å²) in [6, 6.07) is 0. The first-order valence-electron chi connectivity index (χ1n) is 9.22. The van der Waals surface area contributed by atoms with E-state index in [0.717, 1.165) is 0 Å². The second kappa shape index (κ2) is 8.42. The van der Waals surface area contributed by atoms with Crippen LogP contribution in [0.15, 0.2) is 32.9 Å². The molecular formula is C20H30N4O4Pt. The standard InChI is InChI=1S/C20H30N4O4.Pt/c1-11(13-15(25)19(3,4)23(7)17(13)27)21-9-10-22-12(2)14-16(26)20(5,6)24(8)18(14)28;/h27-28H,9-10H2,1-8H3;. The summed E-state index contributed by atoms with van der Waals surface area (Å²) in [5.74, 6) is -0.503. The van der Waals surface area contributed by atoms with Gasteiger partial charge < -0.3 is 20.0 Å². The Bertz CT molecular complexity index is 783. The van der Waals surface area contributed by atoms with Gasteiger partial charge in [0.2, 0.25) is 0 Å². The van der Waals surface area contributed by atoms with Crippen LogP contribution in [0, 0.1) is 0 Å². The van der Waals surface area contributed by atoms with E-state index in [1.54, 1.807) is 55.6 Å². The molecule has 0 fully saturated rings. The molecule has 2 rings (SSSR count). The topological polar surface area (TPSA) is 106 Å². The van der Waals surface area contributed by atoms with Crippen molar-refractivity contribution in [1.82, 2.24) is 9.80 Å². The number of Topliss-reactive ketones (excluding diaryl/α,β-unsaturated/α-hetero) is 2. The van der Waals surface area contributed by atoms with Crippen molar-refractivity contribution in [1.29, 1.82) is 0 Å². The Hall–Kier alpha value is -1.95. The number of aliphatic hydroxyl groups excluding tert-OH is 2. The van der Waals surface area contributed by atoms with Gasteiger partial charge in [0, 0.05) is 46.6 Å². The van der Waals surface area contributed by atoms with Crippen LogP contribution in [0.4, 0.5) is 0 Å². The smallest absolute Gasteiger partial charge is 0.200 e. The number of aliphatic hydroxyl groups is 2. The van der Waals surface area contributed by atoms with E-state index in [0.29, 0.717) is 24.5 Å². The molecule has 0 aliphatic carbocycles. The van der Waals surface area contributed by atoms with Gasteiger partial charge in [0.25, 0.3) is 0 Å². The molecule has 2 N–H and O–H groups in total. The van der Waals surface area contributed by atoms with E-state index in [1.807, 2.05) is 0 Å². The van der Waals surface area contributed by atoms with Crippen molar-refractivity contribution in [2.45, 2.75) is 52.6 Å². The second-order valence-electron chi connectivity index (χ2n) is 8.23. The van der Waals surface area contributed by atoms with Crippen molar-refractivity contribution < 1.29 is 40.9 Å². The molecule has 2 aliphatic rings. The molecule has 0 radical (unpaired) electrons. The number of ketones is 2. The summed E-state index contributed by atoms with van der Waals surface area (Å²) in [5, 5.41) is 20.5. The Labute approximate surface area is 186 Å². The van der Waals surface area contributed by atoms with Crippen molar-refractivity contribution >= 4 is 23.0 Å². The molecule has 0 atom stereocenters. The van der Waals surface area contributed by atoms with E-state index in [4.69, 9.17) is 0 Å². The minimum Gasteiger partial charge on any atom is -0.494 e. The van der Waals surface area contributed by atoms with Crippen LogP contribution in [0.5, 0.6) is 0 Å². The molecule has 0 amide bonds. The fourth-order valence-corrected chi connectivity index (χ4v) is 3.23. The van der Waals surface area contributed by atoms with Crippen LogP contribution in [-0.2, 0) is 30.7 Å². The summed E-state index contributed by atoms with van der Waals surface area (Å²) in [6.07, 6.45) is 0. The molecule has 0 spiro atoms. The first-order valence-corrected chi connectivity index (χ1v) is 9.22. The maximum absolute atomic E-state index is 12.5. The summed E-state index contributed by atoms with van der Waals surface area (Å²) in [4.78, 5) is 36.8. The van der Waals surface area contributed by atoms with Crippen molar-refractivity contribution in [2.75, 3.05) is 27.2 Å². The van der Waals surface area contributed by atoms with Crippen LogP contribution in [0.25, 0.3) is 0 Å². The van der Waals surface area contributed by atoms with E-state index in [1.165, 1.54) is 9.80 Å². The van der Waals surface area contributed by atoms with Gasteiger partial charge in [0.1, 0.15) is 22.2 Å². The van der Waals surface area contributed by atoms with E-state index >= 15 is 0 Å². The molecule has 0 bridgehead atoms. The maximum atomic E-state index is 12.5. The van der Waals surface area contributed by atoms with Gasteiger partial charge >= 0.3 is 0 Å². The minimum atomic E-state index is -0.809. The molecule has 0 aromatic carbocycles. The molecule has 9 heteroatoms. The van der Waals surface area contributed by atoms with Gasteiger partial charge in [-0.25, -0.2) is 0 Å². The van der Waals surface area contributed by atoms with Crippen LogP contribution in [-0.4, -0.2) is 81.3 Å². The number of hydrogen-bond acceptors (Lipinski definition) is 8. The zero-order chi connectivity index (χ0) is 21.6. The van der Waals surface area contributed by atoms with Crippen LogP contribution in [0.2, 0.25) is 0 Å². The third kappa shape index (κ3) is 4.04. The molecule has 164 valence electrons. The molecule has 2 aliphatic heterocycles. The monoisotopic (exact) mass is 585 g/mol. The number of hydrogen-bond donors (Lipinski definition) is 2.